The topological polar surface area (TPSA) is 66.0 Å². The molecule has 2 heterocycles. The van der Waals surface area contributed by atoms with E-state index in [2.05, 4.69) is 5.32 Å². The molecule has 2 aromatic rings. The van der Waals surface area contributed by atoms with Crippen LogP contribution in [0.4, 0.5) is 0 Å². The maximum atomic E-state index is 12.5. The molecule has 6 nitrogen and oxygen atoms in total. The minimum absolute atomic E-state index is 0.00466. The fourth-order valence-electron chi connectivity index (χ4n) is 3.05. The van der Waals surface area contributed by atoms with Crippen LogP contribution in [0.15, 0.2) is 42.5 Å². The van der Waals surface area contributed by atoms with Crippen LogP contribution in [0, 0.1) is 0 Å². The van der Waals surface area contributed by atoms with Crippen LogP contribution >= 0.6 is 0 Å². The maximum absolute atomic E-state index is 12.5. The van der Waals surface area contributed by atoms with Crippen LogP contribution in [-0.4, -0.2) is 32.5 Å². The minimum atomic E-state index is -0.171. The predicted molar refractivity (Wildman–Crippen MR) is 90.4 cm³/mol. The van der Waals surface area contributed by atoms with E-state index in [-0.39, 0.29) is 18.6 Å². The van der Waals surface area contributed by atoms with E-state index in [1.165, 1.54) is 0 Å². The molecular weight excluding hydrogens is 322 g/mol. The van der Waals surface area contributed by atoms with Gasteiger partial charge in [0.15, 0.2) is 11.5 Å². The van der Waals surface area contributed by atoms with Gasteiger partial charge in [-0.25, -0.2) is 0 Å². The zero-order chi connectivity index (χ0) is 17.1. The Bertz CT molecular complexity index is 776. The van der Waals surface area contributed by atoms with Crippen molar-refractivity contribution in [3.05, 3.63) is 48.0 Å². The van der Waals surface area contributed by atoms with Crippen LogP contribution < -0.4 is 24.3 Å². The Morgan fingerprint density at radius 2 is 1.96 bits per heavy atom. The number of hydrogen-bond donors (Lipinski definition) is 1. The van der Waals surface area contributed by atoms with Crippen LogP contribution in [0.2, 0.25) is 0 Å². The van der Waals surface area contributed by atoms with Crippen molar-refractivity contribution in [1.29, 1.82) is 0 Å². The van der Waals surface area contributed by atoms with E-state index in [9.17, 15) is 4.79 Å². The molecule has 0 bridgehead atoms. The summed E-state index contributed by atoms with van der Waals surface area (Å²) in [7, 11) is 0. The van der Waals surface area contributed by atoms with Gasteiger partial charge in [0.25, 0.3) is 0 Å². The number of ether oxygens (including phenoxy) is 4. The lowest BCUT2D eigenvalue weighted by molar-refractivity contribution is -0.123. The van der Waals surface area contributed by atoms with Crippen molar-refractivity contribution in [2.45, 2.75) is 12.3 Å². The van der Waals surface area contributed by atoms with E-state index in [4.69, 9.17) is 18.9 Å². The first-order valence-electron chi connectivity index (χ1n) is 8.33. The molecule has 2 aliphatic heterocycles. The van der Waals surface area contributed by atoms with Gasteiger partial charge in [-0.1, -0.05) is 18.2 Å². The lowest BCUT2D eigenvalue weighted by Crippen LogP contribution is -2.34. The van der Waals surface area contributed by atoms with E-state index >= 15 is 0 Å². The second kappa shape index (κ2) is 6.93. The lowest BCUT2D eigenvalue weighted by atomic mass is 9.92. The Hall–Kier alpha value is -2.89. The van der Waals surface area contributed by atoms with E-state index in [1.54, 1.807) is 6.07 Å². The standard InChI is InChI=1S/C19H19NO5/c21-19(15-7-9-23-16-4-2-1-3-14(15)16)20-8-10-22-13-5-6-17-18(11-13)25-12-24-17/h1-6,11,15H,7-10,12H2,(H,20,21)/t15-/m1/s1. The van der Waals surface area contributed by atoms with Crippen molar-refractivity contribution in [3.63, 3.8) is 0 Å². The normalized spacial score (nSPS) is 17.4. The molecule has 0 unspecified atom stereocenters. The summed E-state index contributed by atoms with van der Waals surface area (Å²) in [6.07, 6.45) is 0.686. The van der Waals surface area contributed by atoms with Gasteiger partial charge in [0, 0.05) is 11.6 Å². The SMILES string of the molecule is O=C(NCCOc1ccc2c(c1)OCO2)[C@@H]1CCOc2ccccc21. The number of amides is 1. The largest absolute Gasteiger partial charge is 0.493 e. The van der Waals surface area contributed by atoms with Crippen molar-refractivity contribution in [2.24, 2.45) is 0 Å². The Morgan fingerprint density at radius 3 is 2.92 bits per heavy atom. The van der Waals surface area contributed by atoms with Gasteiger partial charge in [-0.3, -0.25) is 4.79 Å². The Balaban J connectivity index is 1.28. The second-order valence-corrected chi connectivity index (χ2v) is 5.88. The smallest absolute Gasteiger partial charge is 0.231 e. The molecule has 0 aliphatic carbocycles. The fourth-order valence-corrected chi connectivity index (χ4v) is 3.05. The van der Waals surface area contributed by atoms with Gasteiger partial charge in [-0.05, 0) is 24.6 Å². The second-order valence-electron chi connectivity index (χ2n) is 5.88. The third kappa shape index (κ3) is 3.33. The molecule has 0 saturated carbocycles. The number of carbonyl (C=O) groups excluding carboxylic acids is 1. The van der Waals surface area contributed by atoms with Crippen molar-refractivity contribution >= 4 is 5.91 Å². The number of nitrogens with one attached hydrogen (secondary N) is 1. The number of para-hydroxylation sites is 1. The van der Waals surface area contributed by atoms with E-state index < -0.39 is 0 Å². The monoisotopic (exact) mass is 341 g/mol. The summed E-state index contributed by atoms with van der Waals surface area (Å²) in [6.45, 7) is 1.62. The molecule has 0 saturated heterocycles. The molecule has 1 amide bonds. The molecule has 130 valence electrons. The molecule has 25 heavy (non-hydrogen) atoms. The van der Waals surface area contributed by atoms with E-state index in [0.29, 0.717) is 37.7 Å². The first-order chi connectivity index (χ1) is 12.3. The van der Waals surface area contributed by atoms with Crippen molar-refractivity contribution in [1.82, 2.24) is 5.32 Å². The number of carbonyl (C=O) groups is 1. The van der Waals surface area contributed by atoms with Crippen LogP contribution in [0.1, 0.15) is 17.9 Å². The first kappa shape index (κ1) is 15.6. The molecule has 1 N–H and O–H groups in total. The maximum Gasteiger partial charge on any atom is 0.231 e. The highest BCUT2D eigenvalue weighted by Crippen LogP contribution is 2.35. The number of fused-ring (bicyclic) bond motifs is 2. The van der Waals surface area contributed by atoms with Gasteiger partial charge in [0.05, 0.1) is 19.1 Å². The third-order valence-electron chi connectivity index (χ3n) is 4.29. The van der Waals surface area contributed by atoms with Crippen LogP contribution in [0.3, 0.4) is 0 Å². The summed E-state index contributed by atoms with van der Waals surface area (Å²) in [5, 5.41) is 2.94. The summed E-state index contributed by atoms with van der Waals surface area (Å²) in [5.41, 5.74) is 0.947. The number of benzene rings is 2. The quantitative estimate of drug-likeness (QED) is 0.847. The number of hydrogen-bond acceptors (Lipinski definition) is 5. The fraction of sp³-hybridized carbons (Fsp3) is 0.316. The zero-order valence-corrected chi connectivity index (χ0v) is 13.7. The van der Waals surface area contributed by atoms with Gasteiger partial charge < -0.3 is 24.3 Å². The molecular formula is C19H19NO5. The minimum Gasteiger partial charge on any atom is -0.493 e. The summed E-state index contributed by atoms with van der Waals surface area (Å²) >= 11 is 0. The van der Waals surface area contributed by atoms with Gasteiger partial charge in [-0.2, -0.15) is 0 Å². The van der Waals surface area contributed by atoms with Crippen molar-refractivity contribution in [3.8, 4) is 23.0 Å². The Morgan fingerprint density at radius 1 is 1.08 bits per heavy atom. The third-order valence-corrected chi connectivity index (χ3v) is 4.29. The molecule has 0 spiro atoms. The molecule has 2 aliphatic rings. The summed E-state index contributed by atoms with van der Waals surface area (Å²) in [4.78, 5) is 12.5. The Kier molecular flexibility index (Phi) is 4.33. The van der Waals surface area contributed by atoms with Gasteiger partial charge in [0.1, 0.15) is 18.1 Å². The molecule has 4 rings (SSSR count). The molecule has 0 radical (unpaired) electrons. The average Bonchev–Trinajstić information content (AvgIpc) is 3.12. The summed E-state index contributed by atoms with van der Waals surface area (Å²) in [6, 6.07) is 13.1. The first-order valence-corrected chi connectivity index (χ1v) is 8.33. The van der Waals surface area contributed by atoms with Crippen molar-refractivity contribution in [2.75, 3.05) is 26.6 Å². The highest BCUT2D eigenvalue weighted by Gasteiger charge is 2.27. The van der Waals surface area contributed by atoms with Crippen molar-refractivity contribution < 1.29 is 23.7 Å². The average molecular weight is 341 g/mol. The molecule has 6 heteroatoms. The van der Waals surface area contributed by atoms with E-state index in [0.717, 1.165) is 17.1 Å². The lowest BCUT2D eigenvalue weighted by Gasteiger charge is -2.25. The number of rotatable bonds is 5. The van der Waals surface area contributed by atoms with Crippen LogP contribution in [0.5, 0.6) is 23.0 Å². The van der Waals surface area contributed by atoms with Crippen LogP contribution in [-0.2, 0) is 4.79 Å². The molecule has 0 fully saturated rings. The van der Waals surface area contributed by atoms with Gasteiger partial charge in [0.2, 0.25) is 12.7 Å². The predicted octanol–water partition coefficient (Wildman–Crippen LogP) is 2.48. The highest BCUT2D eigenvalue weighted by atomic mass is 16.7. The van der Waals surface area contributed by atoms with Gasteiger partial charge in [-0.15, -0.1) is 0 Å². The molecule has 1 atom stereocenters. The summed E-state index contributed by atoms with van der Waals surface area (Å²) in [5.74, 6) is 2.72. The van der Waals surface area contributed by atoms with Gasteiger partial charge >= 0.3 is 0 Å². The van der Waals surface area contributed by atoms with E-state index in [1.807, 2.05) is 36.4 Å². The van der Waals surface area contributed by atoms with Crippen LogP contribution in [0.25, 0.3) is 0 Å². The molecule has 0 aromatic heterocycles. The Labute approximate surface area is 145 Å². The zero-order valence-electron chi connectivity index (χ0n) is 13.7. The summed E-state index contributed by atoms with van der Waals surface area (Å²) < 4.78 is 21.8. The highest BCUT2D eigenvalue weighted by molar-refractivity contribution is 5.84. The molecule has 2 aromatic carbocycles.